The zero-order chi connectivity index (χ0) is 22.1. The molecule has 4 aromatic rings. The first-order valence-corrected chi connectivity index (χ1v) is 9.80. The van der Waals surface area contributed by atoms with E-state index in [9.17, 15) is 13.2 Å². The normalized spacial score (nSPS) is 10.9. The topological polar surface area (TPSA) is 35.0 Å². The number of hydrogen-bond donors (Lipinski definition) is 0. The van der Waals surface area contributed by atoms with Gasteiger partial charge in [0.05, 0.1) is 11.3 Å². The van der Waals surface area contributed by atoms with Crippen LogP contribution in [0.3, 0.4) is 0 Å². The van der Waals surface area contributed by atoms with Crippen LogP contribution >= 0.6 is 23.2 Å². The number of rotatable bonds is 4. The molecule has 1 aromatic heterocycles. The molecule has 0 atom stereocenters. The molecule has 0 spiro atoms. The molecule has 31 heavy (non-hydrogen) atoms. The molecule has 0 fully saturated rings. The summed E-state index contributed by atoms with van der Waals surface area (Å²) in [6.45, 7) is 1.64. The smallest absolute Gasteiger partial charge is 0.160 e. The van der Waals surface area contributed by atoms with Gasteiger partial charge in [-0.1, -0.05) is 35.3 Å². The SMILES string of the molecule is Cc1nnc(Cl)c(-c2c(F)cc(F)cc2F)c1-c1ccc(Oc2ccc(Cl)cc2)cc1. The van der Waals surface area contributed by atoms with Gasteiger partial charge in [-0.3, -0.25) is 0 Å². The Morgan fingerprint density at radius 3 is 1.84 bits per heavy atom. The number of halogens is 5. The van der Waals surface area contributed by atoms with Gasteiger partial charge in [-0.05, 0) is 48.9 Å². The molecule has 1 heterocycles. The van der Waals surface area contributed by atoms with Crippen molar-refractivity contribution in [2.75, 3.05) is 0 Å². The van der Waals surface area contributed by atoms with Crippen LogP contribution in [0.5, 0.6) is 11.5 Å². The zero-order valence-corrected chi connectivity index (χ0v) is 17.5. The Morgan fingerprint density at radius 2 is 1.26 bits per heavy atom. The summed E-state index contributed by atoms with van der Waals surface area (Å²) in [6, 6.07) is 14.8. The van der Waals surface area contributed by atoms with Crippen molar-refractivity contribution in [2.24, 2.45) is 0 Å². The second kappa shape index (κ2) is 8.57. The summed E-state index contributed by atoms with van der Waals surface area (Å²) in [5.41, 5.74) is 0.878. The molecular weight excluding hydrogens is 448 g/mol. The third-order valence-corrected chi connectivity index (χ3v) is 5.07. The lowest BCUT2D eigenvalue weighted by Crippen LogP contribution is -2.01. The summed E-state index contributed by atoms with van der Waals surface area (Å²) in [7, 11) is 0. The number of nitrogens with zero attached hydrogens (tertiary/aromatic N) is 2. The number of ether oxygens (including phenoxy) is 1. The second-order valence-electron chi connectivity index (χ2n) is 6.65. The molecule has 0 unspecified atom stereocenters. The summed E-state index contributed by atoms with van der Waals surface area (Å²) < 4.78 is 48.2. The van der Waals surface area contributed by atoms with Gasteiger partial charge in [0.1, 0.15) is 29.0 Å². The van der Waals surface area contributed by atoms with E-state index in [1.165, 1.54) is 0 Å². The molecule has 4 rings (SSSR count). The molecule has 0 saturated carbocycles. The van der Waals surface area contributed by atoms with E-state index in [4.69, 9.17) is 27.9 Å². The third kappa shape index (κ3) is 4.36. The van der Waals surface area contributed by atoms with E-state index >= 15 is 0 Å². The van der Waals surface area contributed by atoms with Crippen LogP contribution < -0.4 is 4.74 Å². The van der Waals surface area contributed by atoms with Gasteiger partial charge < -0.3 is 4.74 Å². The zero-order valence-electron chi connectivity index (χ0n) is 16.0. The van der Waals surface area contributed by atoms with Gasteiger partial charge in [0, 0.05) is 28.3 Å². The van der Waals surface area contributed by atoms with Gasteiger partial charge in [0.25, 0.3) is 0 Å². The van der Waals surface area contributed by atoms with Crippen molar-refractivity contribution in [1.29, 1.82) is 0 Å². The van der Waals surface area contributed by atoms with E-state index in [0.717, 1.165) is 0 Å². The van der Waals surface area contributed by atoms with Crippen LogP contribution in [0, 0.1) is 24.4 Å². The first-order valence-electron chi connectivity index (χ1n) is 9.05. The lowest BCUT2D eigenvalue weighted by Gasteiger charge is -2.15. The molecule has 0 aliphatic heterocycles. The van der Waals surface area contributed by atoms with Crippen molar-refractivity contribution >= 4 is 23.2 Å². The van der Waals surface area contributed by atoms with Crippen LogP contribution in [0.2, 0.25) is 10.2 Å². The summed E-state index contributed by atoms with van der Waals surface area (Å²) in [6.07, 6.45) is 0. The molecular formula is C23H13Cl2F3N2O. The Bertz CT molecular complexity index is 1240. The van der Waals surface area contributed by atoms with Crippen molar-refractivity contribution in [3.8, 4) is 33.8 Å². The fourth-order valence-electron chi connectivity index (χ4n) is 3.19. The van der Waals surface area contributed by atoms with Gasteiger partial charge in [-0.25, -0.2) is 13.2 Å². The molecule has 0 amide bonds. The van der Waals surface area contributed by atoms with Crippen LogP contribution in [0.15, 0.2) is 60.7 Å². The highest BCUT2D eigenvalue weighted by molar-refractivity contribution is 6.33. The van der Waals surface area contributed by atoms with E-state index in [0.29, 0.717) is 45.5 Å². The summed E-state index contributed by atoms with van der Waals surface area (Å²) >= 11 is 12.1. The predicted molar refractivity (Wildman–Crippen MR) is 114 cm³/mol. The Hall–Kier alpha value is -3.09. The van der Waals surface area contributed by atoms with Gasteiger partial charge in [-0.15, -0.1) is 5.10 Å². The minimum atomic E-state index is -1.09. The number of hydrogen-bond acceptors (Lipinski definition) is 3. The third-order valence-electron chi connectivity index (χ3n) is 4.56. The Balaban J connectivity index is 1.79. The monoisotopic (exact) mass is 460 g/mol. The maximum absolute atomic E-state index is 14.5. The Kier molecular flexibility index (Phi) is 5.85. The maximum atomic E-state index is 14.5. The van der Waals surface area contributed by atoms with E-state index in [2.05, 4.69) is 10.2 Å². The average molecular weight is 461 g/mol. The molecule has 0 radical (unpaired) electrons. The van der Waals surface area contributed by atoms with Crippen molar-refractivity contribution in [2.45, 2.75) is 6.92 Å². The summed E-state index contributed by atoms with van der Waals surface area (Å²) in [5, 5.41) is 8.14. The fraction of sp³-hybridized carbons (Fsp3) is 0.0435. The van der Waals surface area contributed by atoms with Crippen molar-refractivity contribution in [3.05, 3.63) is 94.0 Å². The van der Waals surface area contributed by atoms with Gasteiger partial charge >= 0.3 is 0 Å². The second-order valence-corrected chi connectivity index (χ2v) is 7.45. The van der Waals surface area contributed by atoms with Gasteiger partial charge in [0.2, 0.25) is 0 Å². The molecule has 3 nitrogen and oxygen atoms in total. The van der Waals surface area contributed by atoms with Gasteiger partial charge in [-0.2, -0.15) is 5.10 Å². The minimum Gasteiger partial charge on any atom is -0.457 e. The molecule has 0 saturated heterocycles. The lowest BCUT2D eigenvalue weighted by atomic mass is 9.94. The standard InChI is InChI=1S/C23H13Cl2F3N2O/c1-12-20(13-2-6-16(7-3-13)31-17-8-4-14(24)5-9-17)22(23(25)30-29-12)21-18(27)10-15(26)11-19(21)28/h2-11H,1H3. The molecule has 0 N–H and O–H groups in total. The molecule has 0 aliphatic rings. The molecule has 0 aliphatic carbocycles. The van der Waals surface area contributed by atoms with E-state index < -0.39 is 23.0 Å². The highest BCUT2D eigenvalue weighted by Crippen LogP contribution is 2.41. The highest BCUT2D eigenvalue weighted by Gasteiger charge is 2.23. The van der Waals surface area contributed by atoms with Crippen LogP contribution in [0.4, 0.5) is 13.2 Å². The quantitative estimate of drug-likeness (QED) is 0.313. The first kappa shape index (κ1) is 21.2. The van der Waals surface area contributed by atoms with Crippen molar-refractivity contribution < 1.29 is 17.9 Å². The van der Waals surface area contributed by atoms with Crippen LogP contribution in [-0.4, -0.2) is 10.2 Å². The van der Waals surface area contributed by atoms with Crippen LogP contribution in [0.25, 0.3) is 22.3 Å². The number of benzene rings is 3. The number of aromatic nitrogens is 2. The van der Waals surface area contributed by atoms with Crippen LogP contribution in [0.1, 0.15) is 5.69 Å². The van der Waals surface area contributed by atoms with Crippen molar-refractivity contribution in [1.82, 2.24) is 10.2 Å². The highest BCUT2D eigenvalue weighted by atomic mass is 35.5. The molecule has 3 aromatic carbocycles. The minimum absolute atomic E-state index is 0.00413. The summed E-state index contributed by atoms with van der Waals surface area (Å²) in [5.74, 6) is -2.07. The average Bonchev–Trinajstić information content (AvgIpc) is 2.72. The first-order chi connectivity index (χ1) is 14.8. The Morgan fingerprint density at radius 1 is 0.710 bits per heavy atom. The van der Waals surface area contributed by atoms with E-state index in [-0.39, 0.29) is 10.7 Å². The fourth-order valence-corrected chi connectivity index (χ4v) is 3.55. The summed E-state index contributed by atoms with van der Waals surface area (Å²) in [4.78, 5) is 0. The molecule has 0 bridgehead atoms. The van der Waals surface area contributed by atoms with Gasteiger partial charge in [0.15, 0.2) is 5.15 Å². The number of aryl methyl sites for hydroxylation is 1. The molecule has 156 valence electrons. The van der Waals surface area contributed by atoms with Crippen LogP contribution in [-0.2, 0) is 0 Å². The van der Waals surface area contributed by atoms with E-state index in [1.54, 1.807) is 55.5 Å². The maximum Gasteiger partial charge on any atom is 0.160 e. The predicted octanol–water partition coefficient (Wildman–Crippen LogP) is 7.64. The Labute approximate surface area is 186 Å². The van der Waals surface area contributed by atoms with E-state index in [1.807, 2.05) is 0 Å². The lowest BCUT2D eigenvalue weighted by molar-refractivity contribution is 0.483. The largest absolute Gasteiger partial charge is 0.457 e. The molecule has 8 heteroatoms. The van der Waals surface area contributed by atoms with Crippen molar-refractivity contribution in [3.63, 3.8) is 0 Å².